The Morgan fingerprint density at radius 1 is 1.04 bits per heavy atom. The number of para-hydroxylation sites is 2. The van der Waals surface area contributed by atoms with Crippen LogP contribution in [-0.2, 0) is 6.54 Å². The first kappa shape index (κ1) is 17.5. The largest absolute Gasteiger partial charge is 0.492 e. The van der Waals surface area contributed by atoms with Crippen molar-refractivity contribution in [3.8, 4) is 5.75 Å². The highest BCUT2D eigenvalue weighted by Crippen LogP contribution is 2.27. The number of rotatable bonds is 7. The first-order chi connectivity index (χ1) is 12.8. The topological polar surface area (TPSA) is 63.2 Å². The predicted molar refractivity (Wildman–Crippen MR) is 103 cm³/mol. The Balaban J connectivity index is 1.69. The van der Waals surface area contributed by atoms with E-state index in [4.69, 9.17) is 4.74 Å². The molecule has 5 heteroatoms. The van der Waals surface area contributed by atoms with E-state index in [1.165, 1.54) is 0 Å². The molecule has 0 aliphatic carbocycles. The standard InChI is InChI=1S/C21H21N3O2/c1-2-26-20-11-7-6-10-19(20)24-18-12-17(14-22-15-18)21(25)23-13-16-8-4-3-5-9-16/h3-12,14-15,24H,2,13H2,1H3,(H,23,25). The van der Waals surface area contributed by atoms with Crippen LogP contribution in [0.3, 0.4) is 0 Å². The third kappa shape index (κ3) is 4.60. The van der Waals surface area contributed by atoms with Crippen LogP contribution < -0.4 is 15.4 Å². The second-order valence-corrected chi connectivity index (χ2v) is 5.68. The fraction of sp³-hybridized carbons (Fsp3) is 0.143. The molecule has 0 saturated carbocycles. The monoisotopic (exact) mass is 347 g/mol. The van der Waals surface area contributed by atoms with Crippen molar-refractivity contribution in [1.82, 2.24) is 10.3 Å². The Morgan fingerprint density at radius 3 is 2.62 bits per heavy atom. The minimum atomic E-state index is -0.164. The van der Waals surface area contributed by atoms with Crippen molar-refractivity contribution in [2.75, 3.05) is 11.9 Å². The molecule has 0 spiro atoms. The molecule has 0 unspecified atom stereocenters. The molecule has 132 valence electrons. The normalized spacial score (nSPS) is 10.2. The molecule has 0 aliphatic rings. The summed E-state index contributed by atoms with van der Waals surface area (Å²) < 4.78 is 5.61. The third-order valence-electron chi connectivity index (χ3n) is 3.76. The second kappa shape index (κ2) is 8.67. The summed E-state index contributed by atoms with van der Waals surface area (Å²) in [5, 5.41) is 6.17. The van der Waals surface area contributed by atoms with Crippen LogP contribution in [-0.4, -0.2) is 17.5 Å². The van der Waals surface area contributed by atoms with Gasteiger partial charge in [-0.2, -0.15) is 0 Å². The van der Waals surface area contributed by atoms with Gasteiger partial charge in [-0.25, -0.2) is 0 Å². The summed E-state index contributed by atoms with van der Waals surface area (Å²) in [5.74, 6) is 0.594. The fourth-order valence-electron chi connectivity index (χ4n) is 2.52. The molecule has 0 bridgehead atoms. The molecule has 2 aromatic carbocycles. The SMILES string of the molecule is CCOc1ccccc1Nc1cncc(C(=O)NCc2ccccc2)c1. The summed E-state index contributed by atoms with van der Waals surface area (Å²) in [7, 11) is 0. The smallest absolute Gasteiger partial charge is 0.253 e. The molecule has 0 saturated heterocycles. The Hall–Kier alpha value is -3.34. The van der Waals surface area contributed by atoms with Crippen LogP contribution in [0.25, 0.3) is 0 Å². The molecule has 0 aliphatic heterocycles. The van der Waals surface area contributed by atoms with Crippen molar-refractivity contribution in [3.05, 3.63) is 84.2 Å². The zero-order chi connectivity index (χ0) is 18.2. The maximum absolute atomic E-state index is 12.4. The lowest BCUT2D eigenvalue weighted by molar-refractivity contribution is 0.0950. The van der Waals surface area contributed by atoms with E-state index in [-0.39, 0.29) is 5.91 Å². The average molecular weight is 347 g/mol. The van der Waals surface area contributed by atoms with Crippen LogP contribution in [0.2, 0.25) is 0 Å². The molecule has 3 aromatic rings. The van der Waals surface area contributed by atoms with Gasteiger partial charge in [0.2, 0.25) is 0 Å². The lowest BCUT2D eigenvalue weighted by Crippen LogP contribution is -2.22. The van der Waals surface area contributed by atoms with Crippen LogP contribution in [0, 0.1) is 0 Å². The summed E-state index contributed by atoms with van der Waals surface area (Å²) in [5.41, 5.74) is 3.11. The van der Waals surface area contributed by atoms with E-state index in [9.17, 15) is 4.79 Å². The lowest BCUT2D eigenvalue weighted by atomic mass is 10.2. The summed E-state index contributed by atoms with van der Waals surface area (Å²) in [4.78, 5) is 16.6. The highest BCUT2D eigenvalue weighted by molar-refractivity contribution is 5.94. The zero-order valence-corrected chi connectivity index (χ0v) is 14.6. The van der Waals surface area contributed by atoms with Crippen molar-refractivity contribution >= 4 is 17.3 Å². The van der Waals surface area contributed by atoms with Gasteiger partial charge in [-0.15, -0.1) is 0 Å². The molecule has 0 radical (unpaired) electrons. The number of hydrogen-bond donors (Lipinski definition) is 2. The molecule has 0 fully saturated rings. The summed E-state index contributed by atoms with van der Waals surface area (Å²) in [6.45, 7) is 3.00. The van der Waals surface area contributed by atoms with Gasteiger partial charge in [0.05, 0.1) is 29.7 Å². The third-order valence-corrected chi connectivity index (χ3v) is 3.76. The Bertz CT molecular complexity index is 866. The van der Waals surface area contributed by atoms with Crippen molar-refractivity contribution in [2.24, 2.45) is 0 Å². The van der Waals surface area contributed by atoms with Gasteiger partial charge >= 0.3 is 0 Å². The molecule has 5 nitrogen and oxygen atoms in total. The number of anilines is 2. The number of hydrogen-bond acceptors (Lipinski definition) is 4. The van der Waals surface area contributed by atoms with Crippen molar-refractivity contribution < 1.29 is 9.53 Å². The van der Waals surface area contributed by atoms with Crippen LogP contribution in [0.5, 0.6) is 5.75 Å². The fourth-order valence-corrected chi connectivity index (χ4v) is 2.52. The van der Waals surface area contributed by atoms with Gasteiger partial charge in [0, 0.05) is 12.7 Å². The number of nitrogens with zero attached hydrogens (tertiary/aromatic N) is 1. The summed E-state index contributed by atoms with van der Waals surface area (Å²) in [6, 6.07) is 19.2. The van der Waals surface area contributed by atoms with Gasteiger partial charge in [0.25, 0.3) is 5.91 Å². The van der Waals surface area contributed by atoms with Gasteiger partial charge in [0.15, 0.2) is 0 Å². The highest BCUT2D eigenvalue weighted by atomic mass is 16.5. The van der Waals surface area contributed by atoms with E-state index in [1.807, 2.05) is 61.5 Å². The number of amides is 1. The van der Waals surface area contributed by atoms with Gasteiger partial charge < -0.3 is 15.4 Å². The van der Waals surface area contributed by atoms with Crippen molar-refractivity contribution in [3.63, 3.8) is 0 Å². The molecule has 1 aromatic heterocycles. The average Bonchev–Trinajstić information content (AvgIpc) is 2.69. The Morgan fingerprint density at radius 2 is 1.81 bits per heavy atom. The summed E-state index contributed by atoms with van der Waals surface area (Å²) in [6.07, 6.45) is 3.23. The molecule has 26 heavy (non-hydrogen) atoms. The predicted octanol–water partition coefficient (Wildman–Crippen LogP) is 4.15. The Labute approximate surface area is 153 Å². The van der Waals surface area contributed by atoms with Gasteiger partial charge in [0.1, 0.15) is 5.75 Å². The first-order valence-corrected chi connectivity index (χ1v) is 8.52. The van der Waals surface area contributed by atoms with E-state index in [0.717, 1.165) is 22.7 Å². The van der Waals surface area contributed by atoms with Gasteiger partial charge in [-0.1, -0.05) is 42.5 Å². The van der Waals surface area contributed by atoms with Crippen LogP contribution in [0.1, 0.15) is 22.8 Å². The van der Waals surface area contributed by atoms with Crippen LogP contribution >= 0.6 is 0 Å². The van der Waals surface area contributed by atoms with Gasteiger partial charge in [-0.3, -0.25) is 9.78 Å². The number of pyridine rings is 1. The van der Waals surface area contributed by atoms with Crippen molar-refractivity contribution in [2.45, 2.75) is 13.5 Å². The van der Waals surface area contributed by atoms with E-state index in [2.05, 4.69) is 15.6 Å². The molecule has 0 atom stereocenters. The number of carbonyl (C=O) groups excluding carboxylic acids is 1. The molecule has 1 heterocycles. The minimum Gasteiger partial charge on any atom is -0.492 e. The quantitative estimate of drug-likeness (QED) is 0.674. The number of carbonyl (C=O) groups is 1. The van der Waals surface area contributed by atoms with E-state index < -0.39 is 0 Å². The van der Waals surface area contributed by atoms with Crippen molar-refractivity contribution in [1.29, 1.82) is 0 Å². The number of aromatic nitrogens is 1. The van der Waals surface area contributed by atoms with E-state index >= 15 is 0 Å². The van der Waals surface area contributed by atoms with Crippen LogP contribution in [0.15, 0.2) is 73.1 Å². The number of nitrogens with one attached hydrogen (secondary N) is 2. The van der Waals surface area contributed by atoms with Gasteiger partial charge in [-0.05, 0) is 30.7 Å². The zero-order valence-electron chi connectivity index (χ0n) is 14.6. The molecular weight excluding hydrogens is 326 g/mol. The van der Waals surface area contributed by atoms with E-state index in [0.29, 0.717) is 18.7 Å². The first-order valence-electron chi connectivity index (χ1n) is 8.52. The Kier molecular flexibility index (Phi) is 5.83. The maximum Gasteiger partial charge on any atom is 0.253 e. The highest BCUT2D eigenvalue weighted by Gasteiger charge is 2.08. The van der Waals surface area contributed by atoms with E-state index in [1.54, 1.807) is 18.5 Å². The second-order valence-electron chi connectivity index (χ2n) is 5.68. The maximum atomic E-state index is 12.4. The lowest BCUT2D eigenvalue weighted by Gasteiger charge is -2.12. The molecular formula is C21H21N3O2. The molecule has 3 rings (SSSR count). The number of benzene rings is 2. The molecule has 2 N–H and O–H groups in total. The van der Waals surface area contributed by atoms with Crippen LogP contribution in [0.4, 0.5) is 11.4 Å². The minimum absolute atomic E-state index is 0.164. The summed E-state index contributed by atoms with van der Waals surface area (Å²) >= 11 is 0. The number of ether oxygens (including phenoxy) is 1. The molecule has 1 amide bonds.